The van der Waals surface area contributed by atoms with Gasteiger partial charge in [0.15, 0.2) is 11.5 Å². The second kappa shape index (κ2) is 4.40. The topological polar surface area (TPSA) is 105 Å². The van der Waals surface area contributed by atoms with E-state index in [0.29, 0.717) is 11.3 Å². The Hall–Kier alpha value is -2.50. The molecule has 0 bridgehead atoms. The van der Waals surface area contributed by atoms with Crippen LogP contribution in [0.1, 0.15) is 12.0 Å². The van der Waals surface area contributed by atoms with Gasteiger partial charge < -0.3 is 20.7 Å². The zero-order valence-corrected chi connectivity index (χ0v) is 9.67. The fourth-order valence-corrected chi connectivity index (χ4v) is 1.72. The lowest BCUT2D eigenvalue weighted by Gasteiger charge is -2.06. The van der Waals surface area contributed by atoms with Crippen LogP contribution in [0, 0.1) is 0 Å². The zero-order chi connectivity index (χ0) is 13.3. The Morgan fingerprint density at radius 3 is 2.83 bits per heavy atom. The highest BCUT2D eigenvalue weighted by atomic mass is 16.5. The molecular weight excluding hydrogens is 236 g/mol. The van der Waals surface area contributed by atoms with Gasteiger partial charge in [-0.15, -0.1) is 0 Å². The number of hydrogen-bond acceptors (Lipinski definition) is 5. The third-order valence-electron chi connectivity index (χ3n) is 2.57. The van der Waals surface area contributed by atoms with Crippen LogP contribution in [-0.2, 0) is 4.79 Å². The zero-order valence-electron chi connectivity index (χ0n) is 9.67. The SMILES string of the molecule is COc1cc2c(cc1O)C=C(C(=O)O)CC(N)=N2. The van der Waals surface area contributed by atoms with Gasteiger partial charge in [0.25, 0.3) is 0 Å². The van der Waals surface area contributed by atoms with Gasteiger partial charge in [0.2, 0.25) is 0 Å². The summed E-state index contributed by atoms with van der Waals surface area (Å²) in [6, 6.07) is 2.91. The molecule has 2 rings (SSSR count). The molecule has 0 saturated carbocycles. The summed E-state index contributed by atoms with van der Waals surface area (Å²) in [5.41, 5.74) is 6.74. The molecule has 94 valence electrons. The Kier molecular flexibility index (Phi) is 2.93. The fraction of sp³-hybridized carbons (Fsp3) is 0.167. The van der Waals surface area contributed by atoms with Crippen LogP contribution in [0.3, 0.4) is 0 Å². The molecular formula is C12H12N2O4. The summed E-state index contributed by atoms with van der Waals surface area (Å²) in [4.78, 5) is 15.1. The van der Waals surface area contributed by atoms with E-state index in [4.69, 9.17) is 15.6 Å². The maximum absolute atomic E-state index is 11.0. The number of phenols is 1. The van der Waals surface area contributed by atoms with Crippen molar-refractivity contribution >= 4 is 23.6 Å². The van der Waals surface area contributed by atoms with Gasteiger partial charge in [-0.05, 0) is 12.1 Å². The number of carboxylic acids is 1. The molecule has 0 aliphatic carbocycles. The molecule has 0 unspecified atom stereocenters. The van der Waals surface area contributed by atoms with Gasteiger partial charge >= 0.3 is 5.97 Å². The molecule has 0 radical (unpaired) electrons. The number of hydrogen-bond donors (Lipinski definition) is 3. The number of amidine groups is 1. The average molecular weight is 248 g/mol. The summed E-state index contributed by atoms with van der Waals surface area (Å²) in [5.74, 6) is -0.670. The van der Waals surface area contributed by atoms with E-state index in [1.54, 1.807) is 0 Å². The summed E-state index contributed by atoms with van der Waals surface area (Å²) in [6.45, 7) is 0. The number of phenolic OH excluding ortho intramolecular Hbond substituents is 1. The molecule has 1 aromatic rings. The summed E-state index contributed by atoms with van der Waals surface area (Å²) in [7, 11) is 1.42. The minimum atomic E-state index is -1.06. The number of nitrogens with zero attached hydrogens (tertiary/aromatic N) is 1. The van der Waals surface area contributed by atoms with Crippen LogP contribution in [0.5, 0.6) is 11.5 Å². The quantitative estimate of drug-likeness (QED) is 0.730. The first-order chi connectivity index (χ1) is 8.51. The first-order valence-electron chi connectivity index (χ1n) is 5.19. The highest BCUT2D eigenvalue weighted by Crippen LogP contribution is 2.36. The lowest BCUT2D eigenvalue weighted by atomic mass is 10.1. The Balaban J connectivity index is 2.63. The van der Waals surface area contributed by atoms with Crippen LogP contribution < -0.4 is 10.5 Å². The number of ether oxygens (including phenoxy) is 1. The summed E-state index contributed by atoms with van der Waals surface area (Å²) < 4.78 is 4.96. The summed E-state index contributed by atoms with van der Waals surface area (Å²) in [5, 5.41) is 18.7. The van der Waals surface area contributed by atoms with E-state index in [0.717, 1.165) is 0 Å². The number of fused-ring (bicyclic) bond motifs is 1. The third-order valence-corrected chi connectivity index (χ3v) is 2.57. The molecule has 1 aliphatic heterocycles. The maximum Gasteiger partial charge on any atom is 0.332 e. The van der Waals surface area contributed by atoms with Gasteiger partial charge in [-0.2, -0.15) is 0 Å². The van der Waals surface area contributed by atoms with Gasteiger partial charge in [-0.25, -0.2) is 9.79 Å². The fourth-order valence-electron chi connectivity index (χ4n) is 1.72. The van der Waals surface area contributed by atoms with Gasteiger partial charge in [0, 0.05) is 23.6 Å². The van der Waals surface area contributed by atoms with E-state index in [1.807, 2.05) is 0 Å². The van der Waals surface area contributed by atoms with Gasteiger partial charge in [-0.1, -0.05) is 0 Å². The minimum absolute atomic E-state index is 0.0626. The first kappa shape index (κ1) is 12.0. The van der Waals surface area contributed by atoms with Crippen molar-refractivity contribution in [1.82, 2.24) is 0 Å². The molecule has 0 saturated heterocycles. The minimum Gasteiger partial charge on any atom is -0.504 e. The molecule has 1 heterocycles. The van der Waals surface area contributed by atoms with Crippen LogP contribution >= 0.6 is 0 Å². The smallest absolute Gasteiger partial charge is 0.332 e. The van der Waals surface area contributed by atoms with Crippen LogP contribution in [-0.4, -0.2) is 29.1 Å². The second-order valence-corrected chi connectivity index (χ2v) is 3.84. The van der Waals surface area contributed by atoms with E-state index in [-0.39, 0.29) is 29.3 Å². The van der Waals surface area contributed by atoms with Gasteiger partial charge in [0.05, 0.1) is 12.8 Å². The number of carbonyl (C=O) groups is 1. The van der Waals surface area contributed by atoms with Crippen molar-refractivity contribution in [2.24, 2.45) is 10.7 Å². The molecule has 4 N–H and O–H groups in total. The molecule has 1 aliphatic rings. The monoisotopic (exact) mass is 248 g/mol. The van der Waals surface area contributed by atoms with E-state index >= 15 is 0 Å². The Morgan fingerprint density at radius 1 is 1.50 bits per heavy atom. The van der Waals surface area contributed by atoms with Crippen molar-refractivity contribution in [3.63, 3.8) is 0 Å². The lowest BCUT2D eigenvalue weighted by Crippen LogP contribution is -2.14. The molecule has 0 atom stereocenters. The lowest BCUT2D eigenvalue weighted by molar-refractivity contribution is -0.132. The number of rotatable bonds is 2. The van der Waals surface area contributed by atoms with Crippen molar-refractivity contribution < 1.29 is 19.7 Å². The molecule has 0 fully saturated rings. The van der Waals surface area contributed by atoms with Crippen LogP contribution in [0.2, 0.25) is 0 Å². The van der Waals surface area contributed by atoms with Crippen molar-refractivity contribution in [2.75, 3.05) is 7.11 Å². The molecule has 0 amide bonds. The standard InChI is InChI=1S/C12H12N2O4/c1-18-10-5-8-6(3-9(10)15)2-7(12(16)17)4-11(13)14-8/h2-3,5,15H,4H2,1H3,(H2,13,14)(H,16,17). The predicted molar refractivity (Wildman–Crippen MR) is 66.2 cm³/mol. The van der Waals surface area contributed by atoms with Crippen LogP contribution in [0.15, 0.2) is 22.7 Å². The summed E-state index contributed by atoms with van der Waals surface area (Å²) in [6.07, 6.45) is 1.51. The third kappa shape index (κ3) is 2.13. The highest BCUT2D eigenvalue weighted by molar-refractivity contribution is 6.02. The first-order valence-corrected chi connectivity index (χ1v) is 5.19. The molecule has 1 aromatic carbocycles. The molecule has 0 aromatic heterocycles. The van der Waals surface area contributed by atoms with Crippen molar-refractivity contribution in [1.29, 1.82) is 0 Å². The van der Waals surface area contributed by atoms with Crippen LogP contribution in [0.25, 0.3) is 6.08 Å². The van der Waals surface area contributed by atoms with Crippen molar-refractivity contribution in [3.8, 4) is 11.5 Å². The van der Waals surface area contributed by atoms with E-state index < -0.39 is 5.97 Å². The summed E-state index contributed by atoms with van der Waals surface area (Å²) >= 11 is 0. The highest BCUT2D eigenvalue weighted by Gasteiger charge is 2.17. The number of aliphatic carboxylic acids is 1. The second-order valence-electron chi connectivity index (χ2n) is 3.84. The van der Waals surface area contributed by atoms with E-state index in [9.17, 15) is 9.90 Å². The predicted octanol–water partition coefficient (Wildman–Crippen LogP) is 1.26. The van der Waals surface area contributed by atoms with Crippen LogP contribution in [0.4, 0.5) is 5.69 Å². The van der Waals surface area contributed by atoms with Gasteiger partial charge in [-0.3, -0.25) is 0 Å². The number of methoxy groups -OCH3 is 1. The molecule has 0 spiro atoms. The number of aliphatic imine (C=N–C) groups is 1. The van der Waals surface area contributed by atoms with E-state index in [1.165, 1.54) is 25.3 Å². The molecule has 18 heavy (non-hydrogen) atoms. The molecule has 6 nitrogen and oxygen atoms in total. The number of benzene rings is 1. The van der Waals surface area contributed by atoms with Crippen molar-refractivity contribution in [2.45, 2.75) is 6.42 Å². The maximum atomic E-state index is 11.0. The average Bonchev–Trinajstić information content (AvgIpc) is 2.46. The normalized spacial score (nSPS) is 14.1. The Morgan fingerprint density at radius 2 is 2.22 bits per heavy atom. The Labute approximate surface area is 103 Å². The molecule has 6 heteroatoms. The van der Waals surface area contributed by atoms with Gasteiger partial charge in [0.1, 0.15) is 5.84 Å². The largest absolute Gasteiger partial charge is 0.504 e. The van der Waals surface area contributed by atoms with Crippen molar-refractivity contribution in [3.05, 3.63) is 23.3 Å². The number of aromatic hydroxyl groups is 1. The Bertz CT molecular complexity index is 576. The number of carboxylic acid groups (broad SMARTS) is 1. The number of nitrogens with two attached hydrogens (primary N) is 1. The van der Waals surface area contributed by atoms with E-state index in [2.05, 4.69) is 4.99 Å².